The van der Waals surface area contributed by atoms with Crippen molar-refractivity contribution < 1.29 is 23.8 Å². The summed E-state index contributed by atoms with van der Waals surface area (Å²) in [5, 5.41) is 8.63. The molecule has 0 aliphatic carbocycles. The van der Waals surface area contributed by atoms with Crippen molar-refractivity contribution >= 4 is 17.7 Å². The molecule has 2 aromatic rings. The molecule has 0 unspecified atom stereocenters. The van der Waals surface area contributed by atoms with Crippen LogP contribution in [0.25, 0.3) is 11.3 Å². The van der Waals surface area contributed by atoms with Crippen molar-refractivity contribution in [1.29, 1.82) is 0 Å². The Kier molecular flexibility index (Phi) is 4.96. The zero-order valence-corrected chi connectivity index (χ0v) is 15.5. The summed E-state index contributed by atoms with van der Waals surface area (Å²) in [4.78, 5) is 27.1. The van der Waals surface area contributed by atoms with Crippen molar-refractivity contribution in [1.82, 2.24) is 15.1 Å². The maximum Gasteiger partial charge on any atom is 0.397 e. The molecule has 0 radical (unpaired) electrons. The minimum atomic E-state index is -0.802. The molecule has 4 rings (SSSR count). The van der Waals surface area contributed by atoms with E-state index in [1.54, 1.807) is 6.92 Å². The summed E-state index contributed by atoms with van der Waals surface area (Å²) in [5.41, 5.74) is 1.63. The Hall–Kier alpha value is -3.36. The van der Waals surface area contributed by atoms with E-state index in [1.807, 2.05) is 35.2 Å². The number of anilines is 1. The SMILES string of the molecule is CCOC(=O)C(=O)N1CCN(c2ccc(-c3ccc4c(c3)OCO4)nn2)CC1. The molecular formula is C19H20N4O5. The number of rotatable bonds is 3. The van der Waals surface area contributed by atoms with E-state index in [0.717, 1.165) is 22.8 Å². The molecule has 1 saturated heterocycles. The summed E-state index contributed by atoms with van der Waals surface area (Å²) in [7, 11) is 0. The van der Waals surface area contributed by atoms with Gasteiger partial charge in [0.15, 0.2) is 17.3 Å². The predicted molar refractivity (Wildman–Crippen MR) is 99.0 cm³/mol. The first-order valence-electron chi connectivity index (χ1n) is 9.10. The summed E-state index contributed by atoms with van der Waals surface area (Å²) in [5.74, 6) is 0.761. The Balaban J connectivity index is 1.39. The third-order valence-electron chi connectivity index (χ3n) is 4.66. The second-order valence-corrected chi connectivity index (χ2v) is 6.34. The lowest BCUT2D eigenvalue weighted by molar-refractivity contribution is -0.160. The van der Waals surface area contributed by atoms with Crippen LogP contribution in [0, 0.1) is 0 Å². The third-order valence-corrected chi connectivity index (χ3v) is 4.66. The van der Waals surface area contributed by atoms with Gasteiger partial charge in [0.05, 0.1) is 12.3 Å². The van der Waals surface area contributed by atoms with E-state index in [4.69, 9.17) is 14.2 Å². The molecule has 0 saturated carbocycles. The smallest absolute Gasteiger partial charge is 0.397 e. The predicted octanol–water partition coefficient (Wildman–Crippen LogP) is 1.08. The molecule has 28 heavy (non-hydrogen) atoms. The van der Waals surface area contributed by atoms with Gasteiger partial charge in [0.25, 0.3) is 0 Å². The van der Waals surface area contributed by atoms with Gasteiger partial charge in [-0.25, -0.2) is 4.79 Å². The monoisotopic (exact) mass is 384 g/mol. The van der Waals surface area contributed by atoms with Crippen LogP contribution in [-0.2, 0) is 14.3 Å². The fourth-order valence-electron chi connectivity index (χ4n) is 3.16. The maximum atomic E-state index is 12.0. The highest BCUT2D eigenvalue weighted by Crippen LogP contribution is 2.35. The van der Waals surface area contributed by atoms with Crippen molar-refractivity contribution in [2.75, 3.05) is 44.5 Å². The van der Waals surface area contributed by atoms with Crippen LogP contribution in [0.2, 0.25) is 0 Å². The Morgan fingerprint density at radius 2 is 1.82 bits per heavy atom. The van der Waals surface area contributed by atoms with Gasteiger partial charge in [0.1, 0.15) is 0 Å². The molecule has 2 aliphatic rings. The highest BCUT2D eigenvalue weighted by atomic mass is 16.7. The van der Waals surface area contributed by atoms with Gasteiger partial charge < -0.3 is 24.0 Å². The number of nitrogens with zero attached hydrogens (tertiary/aromatic N) is 4. The number of carbonyl (C=O) groups is 2. The number of amides is 1. The third kappa shape index (κ3) is 3.55. The largest absolute Gasteiger partial charge is 0.459 e. The fraction of sp³-hybridized carbons (Fsp3) is 0.368. The average molecular weight is 384 g/mol. The molecule has 0 bridgehead atoms. The van der Waals surface area contributed by atoms with Gasteiger partial charge in [-0.05, 0) is 37.3 Å². The fourth-order valence-corrected chi connectivity index (χ4v) is 3.16. The summed E-state index contributed by atoms with van der Waals surface area (Å²) >= 11 is 0. The molecule has 2 aliphatic heterocycles. The number of ether oxygens (including phenoxy) is 3. The highest BCUT2D eigenvalue weighted by molar-refractivity contribution is 6.32. The molecule has 1 amide bonds. The first-order valence-corrected chi connectivity index (χ1v) is 9.10. The van der Waals surface area contributed by atoms with E-state index >= 15 is 0 Å². The second-order valence-electron chi connectivity index (χ2n) is 6.34. The molecule has 1 fully saturated rings. The van der Waals surface area contributed by atoms with Gasteiger partial charge >= 0.3 is 11.9 Å². The first kappa shape index (κ1) is 18.0. The molecule has 9 nitrogen and oxygen atoms in total. The lowest BCUT2D eigenvalue weighted by Crippen LogP contribution is -2.51. The van der Waals surface area contributed by atoms with Crippen LogP contribution >= 0.6 is 0 Å². The zero-order chi connectivity index (χ0) is 19.5. The van der Waals surface area contributed by atoms with E-state index in [0.29, 0.717) is 31.9 Å². The standard InChI is InChI=1S/C19H20N4O5/c1-2-26-19(25)18(24)23-9-7-22(8-10-23)17-6-4-14(20-21-17)13-3-5-15-16(11-13)28-12-27-15/h3-6,11H,2,7-10,12H2,1H3. The number of fused-ring (bicyclic) bond motifs is 1. The van der Waals surface area contributed by atoms with Gasteiger partial charge in [-0.2, -0.15) is 0 Å². The summed E-state index contributed by atoms with van der Waals surface area (Å²) in [6.07, 6.45) is 0. The molecule has 0 atom stereocenters. The van der Waals surface area contributed by atoms with Crippen molar-refractivity contribution in [2.45, 2.75) is 6.92 Å². The molecule has 1 aromatic heterocycles. The molecule has 9 heteroatoms. The number of aromatic nitrogens is 2. The minimum Gasteiger partial charge on any atom is -0.459 e. The Morgan fingerprint density at radius 1 is 1.04 bits per heavy atom. The average Bonchev–Trinajstić information content (AvgIpc) is 3.21. The lowest BCUT2D eigenvalue weighted by atomic mass is 10.1. The molecule has 0 spiro atoms. The van der Waals surface area contributed by atoms with Crippen LogP contribution < -0.4 is 14.4 Å². The van der Waals surface area contributed by atoms with Gasteiger partial charge in [-0.15, -0.1) is 10.2 Å². The van der Waals surface area contributed by atoms with Crippen LogP contribution in [0.3, 0.4) is 0 Å². The van der Waals surface area contributed by atoms with Crippen LogP contribution in [0.1, 0.15) is 6.92 Å². The molecule has 3 heterocycles. The molecule has 1 aromatic carbocycles. The van der Waals surface area contributed by atoms with Crippen LogP contribution in [0.5, 0.6) is 11.5 Å². The summed E-state index contributed by atoms with van der Waals surface area (Å²) in [6.45, 7) is 4.11. The van der Waals surface area contributed by atoms with E-state index in [1.165, 1.54) is 4.90 Å². The van der Waals surface area contributed by atoms with Crippen LogP contribution in [0.4, 0.5) is 5.82 Å². The number of hydrogen-bond acceptors (Lipinski definition) is 8. The van der Waals surface area contributed by atoms with Crippen molar-refractivity contribution in [3.63, 3.8) is 0 Å². The molecule has 0 N–H and O–H groups in total. The topological polar surface area (TPSA) is 94.1 Å². The lowest BCUT2D eigenvalue weighted by Gasteiger charge is -2.34. The number of esters is 1. The second kappa shape index (κ2) is 7.71. The van der Waals surface area contributed by atoms with Gasteiger partial charge in [-0.3, -0.25) is 4.79 Å². The Bertz CT molecular complexity index is 878. The number of carbonyl (C=O) groups excluding carboxylic acids is 2. The number of piperazine rings is 1. The zero-order valence-electron chi connectivity index (χ0n) is 15.5. The summed E-state index contributed by atoms with van der Waals surface area (Å²) in [6, 6.07) is 9.45. The summed E-state index contributed by atoms with van der Waals surface area (Å²) < 4.78 is 15.5. The molecule has 146 valence electrons. The van der Waals surface area contributed by atoms with Crippen molar-refractivity contribution in [3.8, 4) is 22.8 Å². The van der Waals surface area contributed by atoms with E-state index < -0.39 is 11.9 Å². The Morgan fingerprint density at radius 3 is 2.54 bits per heavy atom. The van der Waals surface area contributed by atoms with Crippen LogP contribution in [-0.4, -0.2) is 66.6 Å². The Labute approximate surface area is 161 Å². The minimum absolute atomic E-state index is 0.190. The van der Waals surface area contributed by atoms with Gasteiger partial charge in [0.2, 0.25) is 6.79 Å². The highest BCUT2D eigenvalue weighted by Gasteiger charge is 2.27. The normalized spacial score (nSPS) is 15.5. The van der Waals surface area contributed by atoms with Gasteiger partial charge in [0, 0.05) is 31.7 Å². The number of benzene rings is 1. The van der Waals surface area contributed by atoms with E-state index in [2.05, 4.69) is 10.2 Å². The van der Waals surface area contributed by atoms with Crippen molar-refractivity contribution in [2.24, 2.45) is 0 Å². The van der Waals surface area contributed by atoms with Gasteiger partial charge in [-0.1, -0.05) is 0 Å². The van der Waals surface area contributed by atoms with Crippen molar-refractivity contribution in [3.05, 3.63) is 30.3 Å². The number of hydrogen-bond donors (Lipinski definition) is 0. The molecular weight excluding hydrogens is 364 g/mol. The first-order chi connectivity index (χ1) is 13.7. The maximum absolute atomic E-state index is 12.0. The quantitative estimate of drug-likeness (QED) is 0.573. The van der Waals surface area contributed by atoms with E-state index in [9.17, 15) is 9.59 Å². The van der Waals surface area contributed by atoms with E-state index in [-0.39, 0.29) is 13.4 Å². The van der Waals surface area contributed by atoms with Crippen LogP contribution in [0.15, 0.2) is 30.3 Å².